The highest BCUT2D eigenvalue weighted by Crippen LogP contribution is 2.25. The van der Waals surface area contributed by atoms with Gasteiger partial charge in [-0.05, 0) is 6.42 Å². The summed E-state index contributed by atoms with van der Waals surface area (Å²) < 4.78 is 45.9. The van der Waals surface area contributed by atoms with Crippen LogP contribution >= 0.6 is 0 Å². The Kier molecular flexibility index (Phi) is 15.2. The van der Waals surface area contributed by atoms with Gasteiger partial charge in [-0.3, -0.25) is 0 Å². The van der Waals surface area contributed by atoms with Crippen molar-refractivity contribution < 1.29 is 37.0 Å². The van der Waals surface area contributed by atoms with E-state index in [1.165, 1.54) is 0 Å². The minimum Gasteiger partial charge on any atom is -0.379 e. The molecule has 0 radical (unpaired) electrons. The molecule has 0 bridgehead atoms. The SMILES string of the molecule is C=CCOCC(COCC=C)(COCC=C)CO[Si](CCCOCC1CO1)(OC)OC. The zero-order chi connectivity index (χ0) is 22.8. The quantitative estimate of drug-likeness (QED) is 0.0997. The van der Waals surface area contributed by atoms with E-state index in [0.29, 0.717) is 65.5 Å². The second-order valence-corrected chi connectivity index (χ2v) is 10.4. The molecular weight excluding hydrogens is 420 g/mol. The van der Waals surface area contributed by atoms with Crippen LogP contribution in [0.3, 0.4) is 0 Å². The number of hydrogen-bond acceptors (Lipinski definition) is 8. The Morgan fingerprint density at radius 2 is 1.39 bits per heavy atom. The summed E-state index contributed by atoms with van der Waals surface area (Å²) in [5.41, 5.74) is -0.551. The number of rotatable bonds is 23. The van der Waals surface area contributed by atoms with Crippen molar-refractivity contribution in [2.24, 2.45) is 5.41 Å². The molecule has 8 nitrogen and oxygen atoms in total. The first-order valence-corrected chi connectivity index (χ1v) is 12.5. The summed E-state index contributed by atoms with van der Waals surface area (Å²) in [6.07, 6.45) is 6.14. The minimum absolute atomic E-state index is 0.255. The first-order chi connectivity index (χ1) is 15.1. The van der Waals surface area contributed by atoms with E-state index in [4.69, 9.17) is 37.0 Å². The van der Waals surface area contributed by atoms with Gasteiger partial charge in [-0.2, -0.15) is 0 Å². The van der Waals surface area contributed by atoms with Crippen LogP contribution in [0.25, 0.3) is 0 Å². The highest BCUT2D eigenvalue weighted by Gasteiger charge is 2.43. The van der Waals surface area contributed by atoms with Crippen LogP contribution in [0.4, 0.5) is 0 Å². The summed E-state index contributed by atoms with van der Waals surface area (Å²) in [7, 11) is 0.340. The van der Waals surface area contributed by atoms with E-state index in [1.54, 1.807) is 32.4 Å². The predicted octanol–water partition coefficient (Wildman–Crippen LogP) is 2.63. The number of hydrogen-bond donors (Lipinski definition) is 0. The zero-order valence-electron chi connectivity index (χ0n) is 19.2. The first kappa shape index (κ1) is 28.2. The molecule has 1 rings (SSSR count). The molecule has 1 unspecified atom stereocenters. The van der Waals surface area contributed by atoms with Gasteiger partial charge < -0.3 is 37.0 Å². The fourth-order valence-corrected chi connectivity index (χ4v) is 4.90. The molecule has 0 amide bonds. The second kappa shape index (κ2) is 16.7. The molecule has 1 aliphatic heterocycles. The molecule has 0 aromatic heterocycles. The Bertz CT molecular complexity index is 458. The third kappa shape index (κ3) is 12.1. The first-order valence-electron chi connectivity index (χ1n) is 10.6. The zero-order valence-corrected chi connectivity index (χ0v) is 20.2. The van der Waals surface area contributed by atoms with Crippen molar-refractivity contribution in [1.82, 2.24) is 0 Å². The van der Waals surface area contributed by atoms with Gasteiger partial charge in [0, 0.05) is 26.9 Å². The van der Waals surface area contributed by atoms with Crippen LogP contribution in [-0.2, 0) is 37.0 Å². The van der Waals surface area contributed by atoms with Crippen LogP contribution in [0.1, 0.15) is 6.42 Å². The molecule has 1 heterocycles. The molecule has 1 fully saturated rings. The molecule has 0 saturated carbocycles. The third-order valence-electron chi connectivity index (χ3n) is 4.63. The van der Waals surface area contributed by atoms with E-state index in [0.717, 1.165) is 13.0 Å². The number of ether oxygens (including phenoxy) is 5. The molecule has 0 N–H and O–H groups in total. The maximum atomic E-state index is 6.32. The van der Waals surface area contributed by atoms with Crippen molar-refractivity contribution >= 4 is 8.80 Å². The summed E-state index contributed by atoms with van der Waals surface area (Å²) in [4.78, 5) is 0. The van der Waals surface area contributed by atoms with E-state index in [9.17, 15) is 0 Å². The van der Waals surface area contributed by atoms with Crippen LogP contribution in [0.5, 0.6) is 0 Å². The topological polar surface area (TPSA) is 77.1 Å². The Balaban J connectivity index is 2.73. The molecule has 31 heavy (non-hydrogen) atoms. The Morgan fingerprint density at radius 1 is 0.871 bits per heavy atom. The Hall–Kier alpha value is -0.883. The summed E-state index contributed by atoms with van der Waals surface area (Å²) in [6, 6.07) is 0.635. The Labute approximate surface area is 188 Å². The fourth-order valence-electron chi connectivity index (χ4n) is 2.84. The van der Waals surface area contributed by atoms with Crippen molar-refractivity contribution in [2.75, 3.05) is 80.3 Å². The molecule has 0 aliphatic carbocycles. The third-order valence-corrected chi connectivity index (χ3v) is 7.42. The van der Waals surface area contributed by atoms with Crippen LogP contribution in [0, 0.1) is 5.41 Å². The van der Waals surface area contributed by atoms with Crippen LogP contribution in [0.2, 0.25) is 6.04 Å². The molecule has 1 saturated heterocycles. The fraction of sp³-hybridized carbons (Fsp3) is 0.727. The smallest absolute Gasteiger partial charge is 0.379 e. The summed E-state index contributed by atoms with van der Waals surface area (Å²) in [6.45, 7) is 15.8. The summed E-state index contributed by atoms with van der Waals surface area (Å²) in [5, 5.41) is 0. The molecule has 0 aromatic rings. The molecule has 0 spiro atoms. The molecule has 1 atom stereocenters. The lowest BCUT2D eigenvalue weighted by atomic mass is 9.92. The van der Waals surface area contributed by atoms with E-state index >= 15 is 0 Å². The van der Waals surface area contributed by atoms with Gasteiger partial charge in [-0.15, -0.1) is 19.7 Å². The van der Waals surface area contributed by atoms with Crippen molar-refractivity contribution in [3.05, 3.63) is 38.0 Å². The molecule has 180 valence electrons. The molecule has 1 aliphatic rings. The highest BCUT2D eigenvalue weighted by molar-refractivity contribution is 6.60. The second-order valence-electron chi connectivity index (χ2n) is 7.43. The van der Waals surface area contributed by atoms with Crippen molar-refractivity contribution in [3.63, 3.8) is 0 Å². The van der Waals surface area contributed by atoms with E-state index in [2.05, 4.69) is 19.7 Å². The van der Waals surface area contributed by atoms with E-state index in [-0.39, 0.29) is 6.10 Å². The van der Waals surface area contributed by atoms with Crippen LogP contribution < -0.4 is 0 Å². The monoisotopic (exact) mass is 460 g/mol. The largest absolute Gasteiger partial charge is 0.500 e. The average Bonchev–Trinajstić information content (AvgIpc) is 3.61. The van der Waals surface area contributed by atoms with Gasteiger partial charge in [0.1, 0.15) is 6.10 Å². The molecule has 0 aromatic carbocycles. The van der Waals surface area contributed by atoms with Gasteiger partial charge in [0.25, 0.3) is 0 Å². The van der Waals surface area contributed by atoms with E-state index < -0.39 is 14.2 Å². The van der Waals surface area contributed by atoms with Gasteiger partial charge in [0.2, 0.25) is 0 Å². The normalized spacial score (nSPS) is 16.3. The van der Waals surface area contributed by atoms with Crippen LogP contribution in [0.15, 0.2) is 38.0 Å². The van der Waals surface area contributed by atoms with Crippen molar-refractivity contribution in [1.29, 1.82) is 0 Å². The van der Waals surface area contributed by atoms with Crippen molar-refractivity contribution in [3.8, 4) is 0 Å². The summed E-state index contributed by atoms with van der Waals surface area (Å²) in [5.74, 6) is 0. The van der Waals surface area contributed by atoms with Gasteiger partial charge in [-0.1, -0.05) is 18.2 Å². The standard InChI is InChI=1S/C22H40O8Si/c1-6-10-26-17-22(18-27-11-7-2,19-28-12-8-3)20-30-31(23-4,24-5)14-9-13-25-15-21-16-29-21/h6-8,21H,1-3,9-20H2,4-5H3. The van der Waals surface area contributed by atoms with Crippen molar-refractivity contribution in [2.45, 2.75) is 18.6 Å². The van der Waals surface area contributed by atoms with Crippen LogP contribution in [-0.4, -0.2) is 95.2 Å². The van der Waals surface area contributed by atoms with Gasteiger partial charge >= 0.3 is 8.80 Å². The lowest BCUT2D eigenvalue weighted by molar-refractivity contribution is -0.0883. The summed E-state index contributed by atoms with van der Waals surface area (Å²) >= 11 is 0. The molecular formula is C22H40O8Si. The van der Waals surface area contributed by atoms with Gasteiger partial charge in [0.15, 0.2) is 0 Å². The van der Waals surface area contributed by atoms with Gasteiger partial charge in [0.05, 0.1) is 64.9 Å². The van der Waals surface area contributed by atoms with Gasteiger partial charge in [-0.25, -0.2) is 0 Å². The lowest BCUT2D eigenvalue weighted by Gasteiger charge is -2.36. The lowest BCUT2D eigenvalue weighted by Crippen LogP contribution is -2.50. The maximum absolute atomic E-state index is 6.32. The van der Waals surface area contributed by atoms with E-state index in [1.807, 2.05) is 0 Å². The average molecular weight is 461 g/mol. The molecule has 9 heteroatoms. The highest BCUT2D eigenvalue weighted by atomic mass is 28.4. The number of epoxide rings is 1. The maximum Gasteiger partial charge on any atom is 0.500 e. The predicted molar refractivity (Wildman–Crippen MR) is 121 cm³/mol. The minimum atomic E-state index is -2.90. The Morgan fingerprint density at radius 3 is 1.81 bits per heavy atom.